The van der Waals surface area contributed by atoms with Gasteiger partial charge in [-0.3, -0.25) is 4.68 Å². The molecular formula is C8H11BrN2. The Morgan fingerprint density at radius 1 is 1.82 bits per heavy atom. The first-order valence-electron chi connectivity index (χ1n) is 3.39. The molecule has 0 fully saturated rings. The minimum atomic E-state index is 0.799. The van der Waals surface area contributed by atoms with E-state index in [-0.39, 0.29) is 0 Å². The lowest BCUT2D eigenvalue weighted by Crippen LogP contribution is -1.98. The Kier molecular flexibility index (Phi) is 2.49. The van der Waals surface area contributed by atoms with E-state index in [0.29, 0.717) is 0 Å². The monoisotopic (exact) mass is 214 g/mol. The maximum Gasteiger partial charge on any atom is 0.0670 e. The number of nitrogens with zero attached hydrogens (tertiary/aromatic N) is 2. The van der Waals surface area contributed by atoms with E-state index in [9.17, 15) is 0 Å². The normalized spacial score (nSPS) is 10.1. The molecule has 2 nitrogen and oxygen atoms in total. The zero-order valence-electron chi connectivity index (χ0n) is 6.76. The highest BCUT2D eigenvalue weighted by molar-refractivity contribution is 9.09. The van der Waals surface area contributed by atoms with Crippen molar-refractivity contribution in [2.24, 2.45) is 7.05 Å². The first-order chi connectivity index (χ1) is 5.16. The van der Waals surface area contributed by atoms with Crippen LogP contribution in [0.2, 0.25) is 0 Å². The average Bonchev–Trinajstić information content (AvgIpc) is 2.30. The van der Waals surface area contributed by atoms with Gasteiger partial charge in [0.2, 0.25) is 0 Å². The molecule has 0 N–H and O–H groups in total. The summed E-state index contributed by atoms with van der Waals surface area (Å²) < 4.78 is 1.85. The fraction of sp³-hybridized carbons (Fsp3) is 0.375. The second kappa shape index (κ2) is 3.22. The van der Waals surface area contributed by atoms with Gasteiger partial charge in [-0.25, -0.2) is 0 Å². The SMILES string of the molecule is C=C(CBr)c1c(C)cnn1C. The van der Waals surface area contributed by atoms with Crippen LogP contribution in [0.1, 0.15) is 11.3 Å². The van der Waals surface area contributed by atoms with Gasteiger partial charge in [-0.05, 0) is 18.1 Å². The number of hydrogen-bond donors (Lipinski definition) is 0. The van der Waals surface area contributed by atoms with Gasteiger partial charge in [0.25, 0.3) is 0 Å². The lowest BCUT2D eigenvalue weighted by Gasteiger charge is -2.02. The number of hydrogen-bond acceptors (Lipinski definition) is 1. The van der Waals surface area contributed by atoms with Gasteiger partial charge in [0.05, 0.1) is 11.9 Å². The van der Waals surface area contributed by atoms with Crippen LogP contribution in [0.15, 0.2) is 12.8 Å². The number of rotatable bonds is 2. The molecule has 1 heterocycles. The van der Waals surface area contributed by atoms with Crippen molar-refractivity contribution >= 4 is 21.5 Å². The van der Waals surface area contributed by atoms with E-state index in [4.69, 9.17) is 0 Å². The van der Waals surface area contributed by atoms with Crippen LogP contribution in [0, 0.1) is 6.92 Å². The van der Waals surface area contributed by atoms with Gasteiger partial charge in [-0.15, -0.1) is 0 Å². The second-order valence-corrected chi connectivity index (χ2v) is 3.10. The standard InChI is InChI=1S/C8H11BrN2/c1-6(4-9)8-7(2)5-10-11(8)3/h5H,1,4H2,2-3H3. The maximum atomic E-state index is 4.12. The third-order valence-electron chi connectivity index (χ3n) is 1.62. The topological polar surface area (TPSA) is 17.8 Å². The maximum absolute atomic E-state index is 4.12. The highest BCUT2D eigenvalue weighted by Crippen LogP contribution is 2.17. The molecule has 1 rings (SSSR count). The van der Waals surface area contributed by atoms with Crippen molar-refractivity contribution in [2.45, 2.75) is 6.92 Å². The van der Waals surface area contributed by atoms with Gasteiger partial charge < -0.3 is 0 Å². The number of allylic oxidation sites excluding steroid dienone is 1. The van der Waals surface area contributed by atoms with Crippen LogP contribution >= 0.6 is 15.9 Å². The third-order valence-corrected chi connectivity index (χ3v) is 2.29. The molecule has 1 aromatic rings. The van der Waals surface area contributed by atoms with Gasteiger partial charge in [0, 0.05) is 12.4 Å². The molecule has 0 aliphatic heterocycles. The summed E-state index contributed by atoms with van der Waals surface area (Å²) in [5.41, 5.74) is 3.38. The second-order valence-electron chi connectivity index (χ2n) is 2.54. The summed E-state index contributed by atoms with van der Waals surface area (Å²) in [7, 11) is 1.93. The van der Waals surface area contributed by atoms with E-state index in [2.05, 4.69) is 27.6 Å². The number of aromatic nitrogens is 2. The number of alkyl halides is 1. The van der Waals surface area contributed by atoms with Crippen molar-refractivity contribution in [3.05, 3.63) is 24.0 Å². The summed E-state index contributed by atoms with van der Waals surface area (Å²) in [5.74, 6) is 0. The number of aryl methyl sites for hydroxylation is 2. The minimum absolute atomic E-state index is 0.799. The molecule has 3 heteroatoms. The fourth-order valence-corrected chi connectivity index (χ4v) is 1.38. The van der Waals surface area contributed by atoms with Crippen molar-refractivity contribution in [3.63, 3.8) is 0 Å². The van der Waals surface area contributed by atoms with Gasteiger partial charge in [0.1, 0.15) is 0 Å². The number of halogens is 1. The smallest absolute Gasteiger partial charge is 0.0670 e. The summed E-state index contributed by atoms with van der Waals surface area (Å²) in [4.78, 5) is 0. The van der Waals surface area contributed by atoms with Crippen LogP contribution in [0.3, 0.4) is 0 Å². The van der Waals surface area contributed by atoms with E-state index < -0.39 is 0 Å². The molecule has 0 amide bonds. The van der Waals surface area contributed by atoms with E-state index in [1.165, 1.54) is 5.56 Å². The van der Waals surface area contributed by atoms with Crippen molar-refractivity contribution in [1.82, 2.24) is 9.78 Å². The molecule has 0 radical (unpaired) electrons. The molecule has 0 saturated carbocycles. The highest BCUT2D eigenvalue weighted by atomic mass is 79.9. The Hall–Kier alpha value is -0.570. The summed E-state index contributed by atoms with van der Waals surface area (Å²) in [6, 6.07) is 0. The van der Waals surface area contributed by atoms with E-state index in [1.54, 1.807) is 0 Å². The zero-order valence-corrected chi connectivity index (χ0v) is 8.35. The first-order valence-corrected chi connectivity index (χ1v) is 4.51. The molecule has 0 aliphatic rings. The predicted molar refractivity (Wildman–Crippen MR) is 50.8 cm³/mol. The Morgan fingerprint density at radius 3 is 2.82 bits per heavy atom. The largest absolute Gasteiger partial charge is 0.268 e. The van der Waals surface area contributed by atoms with E-state index in [0.717, 1.165) is 16.6 Å². The average molecular weight is 215 g/mol. The van der Waals surface area contributed by atoms with Crippen LogP contribution < -0.4 is 0 Å². The zero-order chi connectivity index (χ0) is 8.43. The van der Waals surface area contributed by atoms with E-state index in [1.807, 2.05) is 24.9 Å². The summed E-state index contributed by atoms with van der Waals surface area (Å²) >= 11 is 3.36. The molecule has 11 heavy (non-hydrogen) atoms. The Morgan fingerprint density at radius 2 is 2.45 bits per heavy atom. The quantitative estimate of drug-likeness (QED) is 0.691. The van der Waals surface area contributed by atoms with Crippen molar-refractivity contribution in [2.75, 3.05) is 5.33 Å². The minimum Gasteiger partial charge on any atom is -0.268 e. The van der Waals surface area contributed by atoms with Crippen molar-refractivity contribution in [1.29, 1.82) is 0 Å². The fourth-order valence-electron chi connectivity index (χ4n) is 1.12. The Bertz CT molecular complexity index is 256. The Labute approximate surface area is 75.0 Å². The summed E-state index contributed by atoms with van der Waals surface area (Å²) in [6.45, 7) is 5.97. The van der Waals surface area contributed by atoms with Gasteiger partial charge in [0.15, 0.2) is 0 Å². The van der Waals surface area contributed by atoms with Gasteiger partial charge in [-0.1, -0.05) is 22.5 Å². The summed E-state index contributed by atoms with van der Waals surface area (Å²) in [6.07, 6.45) is 1.85. The van der Waals surface area contributed by atoms with Crippen LogP contribution in [-0.2, 0) is 7.05 Å². The molecule has 1 aromatic heterocycles. The first kappa shape index (κ1) is 8.53. The molecule has 0 aliphatic carbocycles. The van der Waals surface area contributed by atoms with Crippen molar-refractivity contribution < 1.29 is 0 Å². The molecule has 0 saturated heterocycles. The van der Waals surface area contributed by atoms with Gasteiger partial charge >= 0.3 is 0 Å². The lowest BCUT2D eigenvalue weighted by molar-refractivity contribution is 0.755. The molecule has 0 atom stereocenters. The third kappa shape index (κ3) is 1.53. The molecule has 60 valence electrons. The van der Waals surface area contributed by atoms with Crippen LogP contribution in [0.25, 0.3) is 5.57 Å². The van der Waals surface area contributed by atoms with Crippen LogP contribution in [0.5, 0.6) is 0 Å². The Balaban J connectivity index is 3.10. The molecule has 0 spiro atoms. The van der Waals surface area contributed by atoms with Gasteiger partial charge in [-0.2, -0.15) is 5.10 Å². The summed E-state index contributed by atoms with van der Waals surface area (Å²) in [5, 5.41) is 4.92. The molecule has 0 aromatic carbocycles. The van der Waals surface area contributed by atoms with E-state index >= 15 is 0 Å². The predicted octanol–water partition coefficient (Wildman–Crippen LogP) is 2.14. The van der Waals surface area contributed by atoms with Crippen molar-refractivity contribution in [3.8, 4) is 0 Å². The highest BCUT2D eigenvalue weighted by Gasteiger charge is 2.05. The molecule has 0 bridgehead atoms. The molecule has 0 unspecified atom stereocenters. The van der Waals surface area contributed by atoms with Crippen LogP contribution in [-0.4, -0.2) is 15.1 Å². The lowest BCUT2D eigenvalue weighted by atomic mass is 10.2. The molecular weight excluding hydrogens is 204 g/mol. The van der Waals surface area contributed by atoms with Crippen LogP contribution in [0.4, 0.5) is 0 Å².